The van der Waals surface area contributed by atoms with E-state index in [9.17, 15) is 14.4 Å². The number of nitrogens with zero attached hydrogens (tertiary/aromatic N) is 1. The maximum atomic E-state index is 12.3. The number of esters is 2. The van der Waals surface area contributed by atoms with Gasteiger partial charge in [-0.05, 0) is 18.1 Å². The highest BCUT2D eigenvalue weighted by Gasteiger charge is 2.27. The van der Waals surface area contributed by atoms with Crippen LogP contribution in [0.15, 0.2) is 36.5 Å². The van der Waals surface area contributed by atoms with Crippen LogP contribution in [0.4, 0.5) is 0 Å². The monoisotopic (exact) mass is 358 g/mol. The van der Waals surface area contributed by atoms with Crippen LogP contribution in [0.25, 0.3) is 10.9 Å². The van der Waals surface area contributed by atoms with Crippen LogP contribution in [0, 0.1) is 5.92 Å². The molecular weight excluding hydrogens is 336 g/mol. The Morgan fingerprint density at radius 3 is 2.62 bits per heavy atom. The largest absolute Gasteiger partial charge is 0.467 e. The van der Waals surface area contributed by atoms with Crippen molar-refractivity contribution in [2.24, 2.45) is 5.92 Å². The molecule has 7 heteroatoms. The number of methoxy groups -OCH3 is 1. The molecule has 0 aliphatic carbocycles. The highest BCUT2D eigenvalue weighted by molar-refractivity contribution is 6.03. The second-order valence-corrected chi connectivity index (χ2v) is 5.91. The number of rotatable bonds is 7. The number of para-hydroxylation sites is 1. The molecule has 0 spiro atoms. The molecule has 26 heavy (non-hydrogen) atoms. The fraction of sp³-hybridized carbons (Fsp3) is 0.368. The van der Waals surface area contributed by atoms with E-state index in [1.54, 1.807) is 24.4 Å². The zero-order chi connectivity index (χ0) is 19.1. The van der Waals surface area contributed by atoms with Crippen LogP contribution in [0.2, 0.25) is 0 Å². The summed E-state index contributed by atoms with van der Waals surface area (Å²) in [5.74, 6) is -1.86. The minimum absolute atomic E-state index is 0.107. The highest BCUT2D eigenvalue weighted by atomic mass is 16.5. The summed E-state index contributed by atoms with van der Waals surface area (Å²) >= 11 is 0. The molecule has 0 aliphatic heterocycles. The van der Waals surface area contributed by atoms with Crippen molar-refractivity contribution in [1.82, 2.24) is 10.3 Å². The van der Waals surface area contributed by atoms with E-state index in [-0.39, 0.29) is 11.5 Å². The van der Waals surface area contributed by atoms with E-state index in [2.05, 4.69) is 10.3 Å². The first-order chi connectivity index (χ1) is 12.5. The fourth-order valence-corrected chi connectivity index (χ4v) is 2.49. The summed E-state index contributed by atoms with van der Waals surface area (Å²) in [6, 6.07) is 7.96. The molecule has 0 bridgehead atoms. The summed E-state index contributed by atoms with van der Waals surface area (Å²) in [5.41, 5.74) is 0.787. The van der Waals surface area contributed by atoms with Gasteiger partial charge in [0.15, 0.2) is 6.61 Å². The molecule has 0 fully saturated rings. The molecule has 138 valence electrons. The van der Waals surface area contributed by atoms with Gasteiger partial charge in [-0.1, -0.05) is 38.5 Å². The molecule has 0 radical (unpaired) electrons. The molecule has 1 amide bonds. The van der Waals surface area contributed by atoms with E-state index in [4.69, 9.17) is 9.47 Å². The number of hydrogen-bond donors (Lipinski definition) is 1. The van der Waals surface area contributed by atoms with Crippen molar-refractivity contribution in [1.29, 1.82) is 0 Å². The van der Waals surface area contributed by atoms with Crippen LogP contribution in [0.3, 0.4) is 0 Å². The molecule has 1 aromatic carbocycles. The van der Waals surface area contributed by atoms with Crippen molar-refractivity contribution in [2.75, 3.05) is 13.7 Å². The molecule has 2 rings (SSSR count). The Balaban J connectivity index is 2.02. The minimum atomic E-state index is -0.782. The first-order valence-electron chi connectivity index (χ1n) is 8.36. The number of carbonyl (C=O) groups is 3. The van der Waals surface area contributed by atoms with E-state index in [0.717, 1.165) is 5.39 Å². The molecule has 0 saturated heterocycles. The lowest BCUT2D eigenvalue weighted by Crippen LogP contribution is -2.47. The second kappa shape index (κ2) is 8.94. The number of ether oxygens (including phenoxy) is 2. The van der Waals surface area contributed by atoms with Crippen molar-refractivity contribution in [3.63, 3.8) is 0 Å². The van der Waals surface area contributed by atoms with Gasteiger partial charge >= 0.3 is 11.9 Å². The molecular formula is C19H22N2O5. The minimum Gasteiger partial charge on any atom is -0.467 e. The first kappa shape index (κ1) is 19.4. The normalized spacial score (nSPS) is 12.9. The molecule has 1 aromatic heterocycles. The van der Waals surface area contributed by atoms with Gasteiger partial charge in [-0.15, -0.1) is 0 Å². The molecule has 2 atom stereocenters. The zero-order valence-electron chi connectivity index (χ0n) is 15.0. The third-order valence-electron chi connectivity index (χ3n) is 4.17. The number of fused-ring (bicyclic) bond motifs is 1. The summed E-state index contributed by atoms with van der Waals surface area (Å²) in [7, 11) is 1.26. The molecule has 7 nitrogen and oxygen atoms in total. The second-order valence-electron chi connectivity index (χ2n) is 5.91. The summed E-state index contributed by atoms with van der Waals surface area (Å²) in [5, 5.41) is 3.36. The molecule has 1 N–H and O–H groups in total. The van der Waals surface area contributed by atoms with Gasteiger partial charge in [0.2, 0.25) is 0 Å². The Morgan fingerprint density at radius 2 is 1.92 bits per heavy atom. The zero-order valence-corrected chi connectivity index (χ0v) is 15.0. The molecule has 0 saturated carbocycles. The predicted octanol–water partition coefficient (Wildman–Crippen LogP) is 2.10. The van der Waals surface area contributed by atoms with Crippen molar-refractivity contribution >= 4 is 28.7 Å². The van der Waals surface area contributed by atoms with Gasteiger partial charge in [0.25, 0.3) is 5.91 Å². The number of amides is 1. The highest BCUT2D eigenvalue weighted by Crippen LogP contribution is 2.16. The van der Waals surface area contributed by atoms with Gasteiger partial charge in [0.05, 0.1) is 18.2 Å². The summed E-state index contributed by atoms with van der Waals surface area (Å²) < 4.78 is 9.79. The van der Waals surface area contributed by atoms with Crippen molar-refractivity contribution in [3.05, 3.63) is 42.1 Å². The van der Waals surface area contributed by atoms with Crippen molar-refractivity contribution in [2.45, 2.75) is 26.3 Å². The number of benzene rings is 1. The van der Waals surface area contributed by atoms with Crippen LogP contribution in [0.1, 0.15) is 30.6 Å². The lowest BCUT2D eigenvalue weighted by molar-refractivity contribution is -0.147. The van der Waals surface area contributed by atoms with Crippen molar-refractivity contribution < 1.29 is 23.9 Å². The van der Waals surface area contributed by atoms with Gasteiger partial charge in [0.1, 0.15) is 6.04 Å². The van der Waals surface area contributed by atoms with Crippen molar-refractivity contribution in [3.8, 4) is 0 Å². The maximum Gasteiger partial charge on any atom is 0.340 e. The Labute approximate surface area is 151 Å². The average molecular weight is 358 g/mol. The Kier molecular flexibility index (Phi) is 6.66. The van der Waals surface area contributed by atoms with Gasteiger partial charge < -0.3 is 14.8 Å². The number of pyridine rings is 1. The summed E-state index contributed by atoms with van der Waals surface area (Å²) in [6.07, 6.45) is 2.26. The number of aromatic nitrogens is 1. The molecule has 0 aliphatic rings. The summed E-state index contributed by atoms with van der Waals surface area (Å²) in [4.78, 5) is 40.4. The Bertz CT molecular complexity index is 800. The maximum absolute atomic E-state index is 12.3. The number of carbonyl (C=O) groups excluding carboxylic acids is 3. The lowest BCUT2D eigenvalue weighted by atomic mass is 9.99. The van der Waals surface area contributed by atoms with E-state index < -0.39 is 30.5 Å². The Hall–Kier alpha value is -2.96. The topological polar surface area (TPSA) is 94.6 Å². The van der Waals surface area contributed by atoms with Crippen LogP contribution in [-0.2, 0) is 19.1 Å². The molecule has 2 aromatic rings. The number of nitrogens with one attached hydrogen (secondary N) is 1. The van der Waals surface area contributed by atoms with Gasteiger partial charge in [-0.2, -0.15) is 0 Å². The number of hydrogen-bond acceptors (Lipinski definition) is 6. The SMILES string of the molecule is CC[C@H](C)[C@H](NC(=O)COC(=O)c1cccc2cccnc12)C(=O)OC. The van der Waals surface area contributed by atoms with E-state index in [0.29, 0.717) is 11.9 Å². The predicted molar refractivity (Wildman–Crippen MR) is 95.4 cm³/mol. The standard InChI is InChI=1S/C19H22N2O5/c1-4-12(2)16(19(24)25-3)21-15(22)11-26-18(23)14-9-5-7-13-8-6-10-20-17(13)14/h5-10,12,16H,4,11H2,1-3H3,(H,21,22)/t12-,16-/m0/s1. The molecule has 1 heterocycles. The Morgan fingerprint density at radius 1 is 1.19 bits per heavy atom. The van der Waals surface area contributed by atoms with Crippen LogP contribution >= 0.6 is 0 Å². The first-order valence-corrected chi connectivity index (χ1v) is 8.36. The third-order valence-corrected chi connectivity index (χ3v) is 4.17. The summed E-state index contributed by atoms with van der Waals surface area (Å²) in [6.45, 7) is 3.24. The molecule has 0 unspecified atom stereocenters. The fourth-order valence-electron chi connectivity index (χ4n) is 2.49. The lowest BCUT2D eigenvalue weighted by Gasteiger charge is -2.21. The van der Waals surface area contributed by atoms with E-state index in [1.165, 1.54) is 7.11 Å². The van der Waals surface area contributed by atoms with E-state index in [1.807, 2.05) is 26.0 Å². The third kappa shape index (κ3) is 4.56. The van der Waals surface area contributed by atoms with Gasteiger partial charge in [0, 0.05) is 11.6 Å². The van der Waals surface area contributed by atoms with Crippen LogP contribution in [0.5, 0.6) is 0 Å². The quantitative estimate of drug-likeness (QED) is 0.762. The van der Waals surface area contributed by atoms with Crippen LogP contribution in [-0.4, -0.2) is 42.6 Å². The van der Waals surface area contributed by atoms with E-state index >= 15 is 0 Å². The van der Waals surface area contributed by atoms with Gasteiger partial charge in [-0.3, -0.25) is 9.78 Å². The average Bonchev–Trinajstić information content (AvgIpc) is 2.68. The van der Waals surface area contributed by atoms with Gasteiger partial charge in [-0.25, -0.2) is 9.59 Å². The smallest absolute Gasteiger partial charge is 0.340 e. The van der Waals surface area contributed by atoms with Crippen LogP contribution < -0.4 is 5.32 Å².